The van der Waals surface area contributed by atoms with Gasteiger partial charge in [-0.3, -0.25) is 9.59 Å². The van der Waals surface area contributed by atoms with Crippen molar-refractivity contribution in [3.63, 3.8) is 0 Å². The van der Waals surface area contributed by atoms with Gasteiger partial charge in [-0.25, -0.2) is 0 Å². The molecule has 2 N–H and O–H groups in total. The molecule has 1 amide bonds. The SMILES string of the molecule is CC(C)CN1C(=O)c2ccccc2C(C(=O)O)C1C(C=N)C=S. The maximum Gasteiger partial charge on any atom is 0.313 e. The summed E-state index contributed by atoms with van der Waals surface area (Å²) >= 11 is 4.99. The van der Waals surface area contributed by atoms with Crippen LogP contribution in [-0.2, 0) is 4.79 Å². The number of hydrogen-bond donors (Lipinski definition) is 2. The van der Waals surface area contributed by atoms with Gasteiger partial charge in [0.1, 0.15) is 5.92 Å². The van der Waals surface area contributed by atoms with Gasteiger partial charge < -0.3 is 15.4 Å². The van der Waals surface area contributed by atoms with Crippen LogP contribution in [0.25, 0.3) is 0 Å². The molecule has 0 radical (unpaired) electrons. The summed E-state index contributed by atoms with van der Waals surface area (Å²) in [6.07, 6.45) is 1.13. The fourth-order valence-electron chi connectivity index (χ4n) is 3.14. The third-order valence-corrected chi connectivity index (χ3v) is 4.37. The van der Waals surface area contributed by atoms with Crippen LogP contribution in [-0.4, -0.2) is 46.1 Å². The minimum atomic E-state index is -1.01. The monoisotopic (exact) mass is 332 g/mol. The largest absolute Gasteiger partial charge is 0.481 e. The molecule has 3 unspecified atom stereocenters. The van der Waals surface area contributed by atoms with E-state index < -0.39 is 23.8 Å². The molecule has 3 atom stereocenters. The van der Waals surface area contributed by atoms with Crippen molar-refractivity contribution in [2.24, 2.45) is 11.8 Å². The van der Waals surface area contributed by atoms with Gasteiger partial charge >= 0.3 is 5.97 Å². The summed E-state index contributed by atoms with van der Waals surface area (Å²) in [6.45, 7) is 4.37. The van der Waals surface area contributed by atoms with E-state index in [0.29, 0.717) is 17.7 Å². The quantitative estimate of drug-likeness (QED) is 0.620. The highest BCUT2D eigenvalue weighted by Crippen LogP contribution is 2.37. The van der Waals surface area contributed by atoms with E-state index >= 15 is 0 Å². The Labute approximate surface area is 140 Å². The maximum atomic E-state index is 12.9. The number of fused-ring (bicyclic) bond motifs is 1. The van der Waals surface area contributed by atoms with Gasteiger partial charge in [0, 0.05) is 24.2 Å². The number of nitrogens with zero attached hydrogens (tertiary/aromatic N) is 1. The van der Waals surface area contributed by atoms with Crippen molar-refractivity contribution in [3.05, 3.63) is 35.4 Å². The van der Waals surface area contributed by atoms with Crippen LogP contribution in [0.4, 0.5) is 0 Å². The fraction of sp³-hybridized carbons (Fsp3) is 0.412. The number of thiocarbonyl (C=S) groups is 1. The molecule has 6 heteroatoms. The summed E-state index contributed by atoms with van der Waals surface area (Å²) < 4.78 is 0. The van der Waals surface area contributed by atoms with Gasteiger partial charge in [0.2, 0.25) is 0 Å². The summed E-state index contributed by atoms with van der Waals surface area (Å²) in [7, 11) is 0. The molecule has 0 aliphatic carbocycles. The number of carboxylic acids is 1. The third kappa shape index (κ3) is 3.17. The number of benzene rings is 1. The Morgan fingerprint density at radius 2 is 2.09 bits per heavy atom. The second kappa shape index (κ2) is 7.00. The Balaban J connectivity index is 2.65. The lowest BCUT2D eigenvalue weighted by molar-refractivity contribution is -0.140. The van der Waals surface area contributed by atoms with E-state index in [1.807, 2.05) is 13.8 Å². The van der Waals surface area contributed by atoms with E-state index in [1.54, 1.807) is 29.2 Å². The van der Waals surface area contributed by atoms with E-state index in [9.17, 15) is 14.7 Å². The van der Waals surface area contributed by atoms with E-state index in [1.165, 1.54) is 5.37 Å². The highest BCUT2D eigenvalue weighted by molar-refractivity contribution is 7.79. The van der Waals surface area contributed by atoms with Crippen molar-refractivity contribution in [1.82, 2.24) is 4.90 Å². The molecule has 0 bridgehead atoms. The lowest BCUT2D eigenvalue weighted by Crippen LogP contribution is -2.55. The van der Waals surface area contributed by atoms with E-state index in [-0.39, 0.29) is 11.8 Å². The van der Waals surface area contributed by atoms with Gasteiger partial charge in [-0.1, -0.05) is 44.3 Å². The first-order valence-electron chi connectivity index (χ1n) is 7.51. The molecule has 0 aromatic heterocycles. The zero-order chi connectivity index (χ0) is 17.1. The number of carboxylic acid groups (broad SMARTS) is 1. The van der Waals surface area contributed by atoms with Gasteiger partial charge in [-0.2, -0.15) is 0 Å². The highest BCUT2D eigenvalue weighted by Gasteiger charge is 2.46. The summed E-state index contributed by atoms with van der Waals surface area (Å²) in [6, 6.07) is 6.13. The average molecular weight is 332 g/mol. The van der Waals surface area contributed by atoms with Gasteiger partial charge in [-0.05, 0) is 22.9 Å². The molecule has 23 heavy (non-hydrogen) atoms. The van der Waals surface area contributed by atoms with Crippen LogP contribution in [0, 0.1) is 17.2 Å². The van der Waals surface area contributed by atoms with Crippen molar-refractivity contribution in [2.45, 2.75) is 25.8 Å². The number of rotatable bonds is 6. The van der Waals surface area contributed by atoms with Crippen molar-refractivity contribution in [3.8, 4) is 0 Å². The summed E-state index contributed by atoms with van der Waals surface area (Å²) in [4.78, 5) is 26.4. The van der Waals surface area contributed by atoms with Gasteiger partial charge in [0.25, 0.3) is 5.91 Å². The number of carbonyl (C=O) groups excluding carboxylic acids is 1. The zero-order valence-electron chi connectivity index (χ0n) is 13.1. The Hall–Kier alpha value is -2.08. The van der Waals surface area contributed by atoms with Crippen molar-refractivity contribution < 1.29 is 14.7 Å². The number of carbonyl (C=O) groups is 2. The Kier molecular flexibility index (Phi) is 5.26. The molecule has 1 aliphatic heterocycles. The predicted molar refractivity (Wildman–Crippen MR) is 92.4 cm³/mol. The molecular formula is C17H20N2O3S. The second-order valence-electron chi connectivity index (χ2n) is 6.13. The van der Waals surface area contributed by atoms with Crippen LogP contribution in [0.1, 0.15) is 35.7 Å². The van der Waals surface area contributed by atoms with Crippen LogP contribution in [0.3, 0.4) is 0 Å². The predicted octanol–water partition coefficient (Wildman–Crippen LogP) is 2.60. The summed E-state index contributed by atoms with van der Waals surface area (Å²) in [5, 5.41) is 18.7. The zero-order valence-corrected chi connectivity index (χ0v) is 13.9. The Bertz CT molecular complexity index is 636. The molecule has 0 fully saturated rings. The topological polar surface area (TPSA) is 81.5 Å². The van der Waals surface area contributed by atoms with Gasteiger partial charge in [0.05, 0.1) is 6.04 Å². The smallest absolute Gasteiger partial charge is 0.313 e. The van der Waals surface area contributed by atoms with Crippen LogP contribution in [0.2, 0.25) is 0 Å². The lowest BCUT2D eigenvalue weighted by atomic mass is 9.77. The standard InChI is InChI=1S/C17H20N2O3S/c1-10(2)8-19-15(11(7-18)9-23)14(17(21)22)12-5-3-4-6-13(12)16(19)20/h3-7,9-11,14-15,18H,8H2,1-2H3,(H,21,22). The van der Waals surface area contributed by atoms with Gasteiger partial charge in [0.15, 0.2) is 0 Å². The lowest BCUT2D eigenvalue weighted by Gasteiger charge is -2.43. The minimum Gasteiger partial charge on any atom is -0.481 e. The van der Waals surface area contributed by atoms with Crippen LogP contribution >= 0.6 is 12.2 Å². The Morgan fingerprint density at radius 1 is 1.43 bits per heavy atom. The molecule has 122 valence electrons. The molecule has 2 rings (SSSR count). The van der Waals surface area contributed by atoms with E-state index in [0.717, 1.165) is 6.21 Å². The van der Waals surface area contributed by atoms with Crippen molar-refractivity contribution in [2.75, 3.05) is 6.54 Å². The Morgan fingerprint density at radius 3 is 2.61 bits per heavy atom. The first-order valence-corrected chi connectivity index (χ1v) is 7.98. The van der Waals surface area contributed by atoms with Crippen LogP contribution in [0.15, 0.2) is 24.3 Å². The normalized spacial score (nSPS) is 21.7. The van der Waals surface area contributed by atoms with E-state index in [2.05, 4.69) is 0 Å². The average Bonchev–Trinajstić information content (AvgIpc) is 2.51. The second-order valence-corrected chi connectivity index (χ2v) is 6.40. The van der Waals surface area contributed by atoms with Gasteiger partial charge in [-0.15, -0.1) is 0 Å². The third-order valence-electron chi connectivity index (χ3n) is 4.06. The number of amides is 1. The molecule has 0 spiro atoms. The summed E-state index contributed by atoms with van der Waals surface area (Å²) in [5.41, 5.74) is 0.920. The fourth-order valence-corrected chi connectivity index (χ4v) is 3.38. The van der Waals surface area contributed by atoms with E-state index in [4.69, 9.17) is 17.6 Å². The number of hydrogen-bond acceptors (Lipinski definition) is 4. The molecule has 1 heterocycles. The number of aliphatic carboxylic acids is 1. The number of nitrogens with one attached hydrogen (secondary N) is 1. The molecule has 0 saturated heterocycles. The first-order chi connectivity index (χ1) is 10.9. The molecular weight excluding hydrogens is 312 g/mol. The molecule has 0 saturated carbocycles. The molecule has 5 nitrogen and oxygen atoms in total. The molecule has 1 aromatic carbocycles. The summed E-state index contributed by atoms with van der Waals surface area (Å²) in [5.74, 6) is -2.50. The molecule has 1 aromatic rings. The van der Waals surface area contributed by atoms with Crippen molar-refractivity contribution in [1.29, 1.82) is 5.41 Å². The highest BCUT2D eigenvalue weighted by atomic mass is 32.1. The van der Waals surface area contributed by atoms with Crippen molar-refractivity contribution >= 4 is 35.7 Å². The maximum absolute atomic E-state index is 12.9. The van der Waals surface area contributed by atoms with Crippen LogP contribution in [0.5, 0.6) is 0 Å². The minimum absolute atomic E-state index is 0.178. The molecule has 1 aliphatic rings. The van der Waals surface area contributed by atoms with Crippen LogP contribution < -0.4 is 0 Å². The first kappa shape index (κ1) is 17.3.